The quantitative estimate of drug-likeness (QED) is 0.323. The number of thioether (sulfide) groups is 2. The van der Waals surface area contributed by atoms with Crippen LogP contribution in [-0.4, -0.2) is 34.9 Å². The minimum atomic E-state index is -0.337. The molecule has 0 radical (unpaired) electrons. The van der Waals surface area contributed by atoms with Crippen molar-refractivity contribution in [3.05, 3.63) is 65.7 Å². The fraction of sp³-hybridized carbons (Fsp3) is 0.158. The molecule has 2 aromatic carbocycles. The van der Waals surface area contributed by atoms with Crippen LogP contribution in [0.1, 0.15) is 15.9 Å². The number of carbonyl (C=O) groups excluding carboxylic acids is 2. The van der Waals surface area contributed by atoms with E-state index in [1.807, 2.05) is 30.3 Å². The van der Waals surface area contributed by atoms with Crippen LogP contribution < -0.4 is 5.32 Å². The highest BCUT2D eigenvalue weighted by Crippen LogP contribution is 2.26. The monoisotopic (exact) mass is 431 g/mol. The number of nitrogens with one attached hydrogen (secondary N) is 1. The van der Waals surface area contributed by atoms with E-state index in [4.69, 9.17) is 0 Å². The number of benzene rings is 2. The molecule has 1 amide bonds. The normalized spacial score (nSPS) is 10.5. The predicted molar refractivity (Wildman–Crippen MR) is 113 cm³/mol. The van der Waals surface area contributed by atoms with Gasteiger partial charge < -0.3 is 4.74 Å². The fourth-order valence-electron chi connectivity index (χ4n) is 2.10. The Labute approximate surface area is 175 Å². The number of nitrogens with zero attached hydrogens (tertiary/aromatic N) is 2. The van der Waals surface area contributed by atoms with E-state index in [0.717, 1.165) is 11.3 Å². The van der Waals surface area contributed by atoms with E-state index in [1.54, 1.807) is 23.9 Å². The van der Waals surface area contributed by atoms with E-state index in [0.29, 0.717) is 15.0 Å². The highest BCUT2D eigenvalue weighted by Gasteiger charge is 2.12. The third kappa shape index (κ3) is 6.08. The van der Waals surface area contributed by atoms with Gasteiger partial charge in [-0.3, -0.25) is 14.9 Å². The first kappa shape index (κ1) is 20.4. The number of esters is 1. The zero-order chi connectivity index (χ0) is 19.8. The molecule has 0 unspecified atom stereocenters. The van der Waals surface area contributed by atoms with Crippen LogP contribution in [-0.2, 0) is 15.3 Å². The van der Waals surface area contributed by atoms with Gasteiger partial charge in [0.2, 0.25) is 5.13 Å². The van der Waals surface area contributed by atoms with E-state index in [9.17, 15) is 9.59 Å². The van der Waals surface area contributed by atoms with Crippen LogP contribution in [0, 0.1) is 0 Å². The molecule has 0 aliphatic carbocycles. The summed E-state index contributed by atoms with van der Waals surface area (Å²) in [5.41, 5.74) is 1.69. The number of anilines is 1. The standard InChI is InChI=1S/C19H17N3O3S3/c1-25-16(23)12-27-19-22-21-18(28-19)20-17(24)14-9-7-13(8-10-14)11-26-15-5-3-2-4-6-15/h2-10H,11-12H2,1H3,(H,20,21,24). The van der Waals surface area contributed by atoms with Crippen molar-refractivity contribution in [3.8, 4) is 0 Å². The number of rotatable bonds is 8. The van der Waals surface area contributed by atoms with Gasteiger partial charge in [-0.05, 0) is 29.8 Å². The largest absolute Gasteiger partial charge is 0.468 e. The summed E-state index contributed by atoms with van der Waals surface area (Å²) < 4.78 is 5.17. The van der Waals surface area contributed by atoms with E-state index in [1.165, 1.54) is 35.1 Å². The maximum Gasteiger partial charge on any atom is 0.316 e. The molecule has 0 bridgehead atoms. The molecular weight excluding hydrogens is 414 g/mol. The number of hydrogen-bond donors (Lipinski definition) is 1. The summed E-state index contributed by atoms with van der Waals surface area (Å²) in [6.45, 7) is 0. The number of hydrogen-bond acceptors (Lipinski definition) is 8. The van der Waals surface area contributed by atoms with Crippen LogP contribution in [0.5, 0.6) is 0 Å². The van der Waals surface area contributed by atoms with Crippen LogP contribution >= 0.6 is 34.9 Å². The van der Waals surface area contributed by atoms with Crippen molar-refractivity contribution < 1.29 is 14.3 Å². The molecule has 0 saturated heterocycles. The van der Waals surface area contributed by atoms with Gasteiger partial charge in [0.1, 0.15) is 0 Å². The fourth-order valence-corrected chi connectivity index (χ4v) is 4.56. The van der Waals surface area contributed by atoms with Gasteiger partial charge in [-0.25, -0.2) is 0 Å². The second-order valence-corrected chi connectivity index (χ2v) is 8.74. The van der Waals surface area contributed by atoms with Gasteiger partial charge in [-0.1, -0.05) is 53.4 Å². The summed E-state index contributed by atoms with van der Waals surface area (Å²) in [7, 11) is 1.33. The minimum Gasteiger partial charge on any atom is -0.468 e. The second kappa shape index (κ2) is 10.3. The maximum atomic E-state index is 12.4. The average molecular weight is 432 g/mol. The molecule has 6 nitrogen and oxygen atoms in total. The highest BCUT2D eigenvalue weighted by atomic mass is 32.2. The minimum absolute atomic E-state index is 0.154. The van der Waals surface area contributed by atoms with Crippen LogP contribution in [0.2, 0.25) is 0 Å². The Morgan fingerprint density at radius 1 is 1.04 bits per heavy atom. The molecule has 0 atom stereocenters. The summed E-state index contributed by atoms with van der Waals surface area (Å²) in [6.07, 6.45) is 0. The first-order chi connectivity index (χ1) is 13.6. The van der Waals surface area contributed by atoms with E-state index >= 15 is 0 Å². The molecule has 144 valence electrons. The number of ether oxygens (including phenoxy) is 1. The van der Waals surface area contributed by atoms with Crippen molar-refractivity contribution in [1.29, 1.82) is 0 Å². The lowest BCUT2D eigenvalue weighted by molar-refractivity contribution is -0.137. The Balaban J connectivity index is 1.52. The summed E-state index contributed by atoms with van der Waals surface area (Å²) in [5, 5.41) is 11.0. The molecule has 0 saturated carbocycles. The lowest BCUT2D eigenvalue weighted by Gasteiger charge is -2.04. The van der Waals surface area contributed by atoms with Gasteiger partial charge in [-0.2, -0.15) is 0 Å². The van der Waals surface area contributed by atoms with Crippen LogP contribution in [0.3, 0.4) is 0 Å². The van der Waals surface area contributed by atoms with Gasteiger partial charge in [0.25, 0.3) is 5.91 Å². The Kier molecular flexibility index (Phi) is 7.46. The molecule has 0 fully saturated rings. The van der Waals surface area contributed by atoms with Crippen molar-refractivity contribution in [2.24, 2.45) is 0 Å². The van der Waals surface area contributed by atoms with Gasteiger partial charge in [-0.15, -0.1) is 22.0 Å². The SMILES string of the molecule is COC(=O)CSc1nnc(NC(=O)c2ccc(CSc3ccccc3)cc2)s1. The molecule has 0 aliphatic heterocycles. The van der Waals surface area contributed by atoms with Gasteiger partial charge in [0.05, 0.1) is 12.9 Å². The number of amides is 1. The lowest BCUT2D eigenvalue weighted by Crippen LogP contribution is -2.11. The highest BCUT2D eigenvalue weighted by molar-refractivity contribution is 8.01. The van der Waals surface area contributed by atoms with Gasteiger partial charge >= 0.3 is 5.97 Å². The molecule has 9 heteroatoms. The number of aromatic nitrogens is 2. The van der Waals surface area contributed by atoms with Crippen molar-refractivity contribution in [2.75, 3.05) is 18.2 Å². The zero-order valence-corrected chi connectivity index (χ0v) is 17.4. The van der Waals surface area contributed by atoms with E-state index in [2.05, 4.69) is 32.4 Å². The third-order valence-electron chi connectivity index (χ3n) is 3.53. The van der Waals surface area contributed by atoms with Crippen LogP contribution in [0.15, 0.2) is 63.8 Å². The van der Waals surface area contributed by atoms with Gasteiger partial charge in [0, 0.05) is 16.2 Å². The number of methoxy groups -OCH3 is 1. The molecule has 3 rings (SSSR count). The van der Waals surface area contributed by atoms with Crippen molar-refractivity contribution in [1.82, 2.24) is 10.2 Å². The molecule has 1 heterocycles. The third-order valence-corrected chi connectivity index (χ3v) is 6.56. The average Bonchev–Trinajstić information content (AvgIpc) is 3.18. The van der Waals surface area contributed by atoms with Crippen molar-refractivity contribution >= 4 is 51.9 Å². The first-order valence-corrected chi connectivity index (χ1v) is 11.0. The molecule has 1 N–H and O–H groups in total. The Hall–Kier alpha value is -2.36. The molecule has 0 spiro atoms. The van der Waals surface area contributed by atoms with Gasteiger partial charge in [0.15, 0.2) is 4.34 Å². The van der Waals surface area contributed by atoms with E-state index < -0.39 is 0 Å². The Morgan fingerprint density at radius 3 is 2.50 bits per heavy atom. The molecular formula is C19H17N3O3S3. The summed E-state index contributed by atoms with van der Waals surface area (Å²) >= 11 is 4.18. The summed E-state index contributed by atoms with van der Waals surface area (Å²) in [5.74, 6) is 0.407. The molecule has 1 aromatic heterocycles. The Bertz CT molecular complexity index is 930. The molecule has 28 heavy (non-hydrogen) atoms. The number of carbonyl (C=O) groups is 2. The second-order valence-electron chi connectivity index (χ2n) is 5.49. The summed E-state index contributed by atoms with van der Waals surface area (Å²) in [4.78, 5) is 24.7. The summed E-state index contributed by atoms with van der Waals surface area (Å²) in [6, 6.07) is 17.7. The lowest BCUT2D eigenvalue weighted by atomic mass is 10.1. The molecule has 3 aromatic rings. The zero-order valence-electron chi connectivity index (χ0n) is 15.0. The smallest absolute Gasteiger partial charge is 0.316 e. The topological polar surface area (TPSA) is 81.2 Å². The first-order valence-electron chi connectivity index (χ1n) is 8.25. The van der Waals surface area contributed by atoms with Crippen LogP contribution in [0.4, 0.5) is 5.13 Å². The molecule has 0 aliphatic rings. The van der Waals surface area contributed by atoms with Crippen molar-refractivity contribution in [3.63, 3.8) is 0 Å². The van der Waals surface area contributed by atoms with E-state index in [-0.39, 0.29) is 17.6 Å². The van der Waals surface area contributed by atoms with Crippen molar-refractivity contribution in [2.45, 2.75) is 15.0 Å². The maximum absolute atomic E-state index is 12.4. The predicted octanol–water partition coefficient (Wildman–Crippen LogP) is 4.35. The van der Waals surface area contributed by atoms with Crippen LogP contribution in [0.25, 0.3) is 0 Å². The Morgan fingerprint density at radius 2 is 1.79 bits per heavy atom.